The molecule has 0 atom stereocenters. The number of nitrogens with zero attached hydrogens (tertiary/aromatic N) is 3. The summed E-state index contributed by atoms with van der Waals surface area (Å²) in [6.45, 7) is 0. The molecule has 1 aromatic carbocycles. The smallest absolute Gasteiger partial charge is 0.218 e. The summed E-state index contributed by atoms with van der Waals surface area (Å²) in [6.07, 6.45) is 0.648. The topological polar surface area (TPSA) is 84.7 Å². The Labute approximate surface area is 136 Å². The fourth-order valence-corrected chi connectivity index (χ4v) is 3.36. The van der Waals surface area contributed by atoms with E-state index in [0.29, 0.717) is 26.7 Å². The number of hydrogen-bond acceptors (Lipinski definition) is 6. The van der Waals surface area contributed by atoms with Crippen molar-refractivity contribution >= 4 is 56.0 Å². The lowest BCUT2D eigenvalue weighted by Crippen LogP contribution is -1.90. The van der Waals surface area contributed by atoms with Gasteiger partial charge in [0.05, 0.1) is 4.47 Å². The van der Waals surface area contributed by atoms with Gasteiger partial charge in [0.2, 0.25) is 5.16 Å². The van der Waals surface area contributed by atoms with E-state index in [1.54, 1.807) is 6.07 Å². The predicted molar refractivity (Wildman–Crippen MR) is 85.1 cm³/mol. The summed E-state index contributed by atoms with van der Waals surface area (Å²) < 4.78 is 6.05. The van der Waals surface area contributed by atoms with Crippen LogP contribution in [0, 0.1) is 0 Å². The van der Waals surface area contributed by atoms with Crippen LogP contribution in [0.1, 0.15) is 10.6 Å². The van der Waals surface area contributed by atoms with Gasteiger partial charge in [0.15, 0.2) is 22.8 Å². The van der Waals surface area contributed by atoms with E-state index in [2.05, 4.69) is 36.1 Å². The molecule has 0 fully saturated rings. The molecule has 0 aliphatic rings. The Morgan fingerprint density at radius 3 is 2.95 bits per heavy atom. The van der Waals surface area contributed by atoms with Crippen LogP contribution in [-0.4, -0.2) is 26.5 Å². The second-order valence-electron chi connectivity index (χ2n) is 4.47. The summed E-state index contributed by atoms with van der Waals surface area (Å²) in [6, 6.07) is 9.43. The Morgan fingerprint density at radius 1 is 1.27 bits per heavy atom. The molecule has 0 unspecified atom stereocenters. The molecule has 0 amide bonds. The van der Waals surface area contributed by atoms with Crippen molar-refractivity contribution in [2.45, 2.75) is 10.2 Å². The van der Waals surface area contributed by atoms with Gasteiger partial charge in [-0.25, -0.2) is 4.98 Å². The number of fused-ring (bicyclic) bond motifs is 3. The number of H-pyrrole nitrogens is 1. The van der Waals surface area contributed by atoms with E-state index < -0.39 is 0 Å². The second kappa shape index (κ2) is 5.22. The number of carbonyl (C=O) groups excluding carboxylic acids is 1. The molecule has 4 aromatic rings. The molecule has 108 valence electrons. The van der Waals surface area contributed by atoms with Crippen molar-refractivity contribution in [1.82, 2.24) is 20.2 Å². The lowest BCUT2D eigenvalue weighted by Gasteiger charge is -1.96. The minimum atomic E-state index is 0.244. The van der Waals surface area contributed by atoms with Crippen molar-refractivity contribution in [1.29, 1.82) is 0 Å². The normalized spacial score (nSPS) is 11.3. The molecular formula is C14H7BrN4O2S. The number of aldehydes is 1. The first-order chi connectivity index (χ1) is 10.7. The summed E-state index contributed by atoms with van der Waals surface area (Å²) in [4.78, 5) is 18.4. The summed E-state index contributed by atoms with van der Waals surface area (Å²) in [5, 5.41) is 10.3. The van der Waals surface area contributed by atoms with Crippen LogP contribution in [0.25, 0.3) is 22.1 Å². The maximum absolute atomic E-state index is 10.7. The molecule has 4 rings (SSSR count). The number of carbonyl (C=O) groups is 1. The second-order valence-corrected chi connectivity index (χ2v) is 6.26. The number of nitrogens with one attached hydrogen (secondary N) is 1. The standard InChI is InChI=1S/C14H7BrN4O2S/c15-9-5-7(6-20)21-13(9)22-14-17-12-11(18-19-14)8-3-1-2-4-10(8)16-12/h1-6H,(H,16,17,19). The predicted octanol–water partition coefficient (Wildman–Crippen LogP) is 3.83. The summed E-state index contributed by atoms with van der Waals surface area (Å²) in [5.41, 5.74) is 2.35. The molecule has 0 spiro atoms. The van der Waals surface area contributed by atoms with Crippen LogP contribution in [0.15, 0.2) is 49.5 Å². The molecule has 22 heavy (non-hydrogen) atoms. The van der Waals surface area contributed by atoms with E-state index in [9.17, 15) is 4.79 Å². The number of halogens is 1. The largest absolute Gasteiger partial charge is 0.445 e. The van der Waals surface area contributed by atoms with Gasteiger partial charge in [0, 0.05) is 17.0 Å². The van der Waals surface area contributed by atoms with E-state index >= 15 is 0 Å². The zero-order chi connectivity index (χ0) is 15.1. The van der Waals surface area contributed by atoms with E-state index in [1.165, 1.54) is 11.8 Å². The minimum Gasteiger partial charge on any atom is -0.445 e. The van der Waals surface area contributed by atoms with Crippen molar-refractivity contribution in [2.24, 2.45) is 0 Å². The fraction of sp³-hybridized carbons (Fsp3) is 0. The first-order valence-corrected chi connectivity index (χ1v) is 7.89. The Bertz CT molecular complexity index is 1010. The van der Waals surface area contributed by atoms with Crippen molar-refractivity contribution in [3.63, 3.8) is 0 Å². The van der Waals surface area contributed by atoms with E-state index in [0.717, 1.165) is 16.4 Å². The first kappa shape index (κ1) is 13.5. The van der Waals surface area contributed by atoms with Gasteiger partial charge in [-0.15, -0.1) is 10.2 Å². The van der Waals surface area contributed by atoms with Gasteiger partial charge in [0.1, 0.15) is 5.52 Å². The number of aromatic nitrogens is 4. The Kier molecular flexibility index (Phi) is 3.20. The van der Waals surface area contributed by atoms with E-state index in [1.807, 2.05) is 24.3 Å². The van der Waals surface area contributed by atoms with Crippen LogP contribution in [0.3, 0.4) is 0 Å². The Morgan fingerprint density at radius 2 is 2.14 bits per heavy atom. The molecule has 0 bridgehead atoms. The highest BCUT2D eigenvalue weighted by molar-refractivity contribution is 9.10. The molecule has 3 heterocycles. The number of rotatable bonds is 3. The van der Waals surface area contributed by atoms with Crippen molar-refractivity contribution < 1.29 is 9.21 Å². The van der Waals surface area contributed by atoms with Crippen LogP contribution >= 0.6 is 27.7 Å². The van der Waals surface area contributed by atoms with Gasteiger partial charge in [-0.3, -0.25) is 4.79 Å². The molecule has 8 heteroatoms. The third-order valence-corrected chi connectivity index (χ3v) is 4.77. The summed E-state index contributed by atoms with van der Waals surface area (Å²) in [7, 11) is 0. The van der Waals surface area contributed by atoms with Gasteiger partial charge >= 0.3 is 0 Å². The molecule has 1 N–H and O–H groups in total. The molecular weight excluding hydrogens is 368 g/mol. The number of para-hydroxylation sites is 1. The third-order valence-electron chi connectivity index (χ3n) is 3.08. The maximum Gasteiger partial charge on any atom is 0.218 e. The quantitative estimate of drug-likeness (QED) is 0.548. The molecule has 0 saturated heterocycles. The maximum atomic E-state index is 10.7. The number of hydrogen-bond donors (Lipinski definition) is 1. The third kappa shape index (κ3) is 2.20. The zero-order valence-electron chi connectivity index (χ0n) is 10.9. The lowest BCUT2D eigenvalue weighted by molar-refractivity contribution is 0.109. The van der Waals surface area contributed by atoms with Crippen LogP contribution in [0.5, 0.6) is 0 Å². The van der Waals surface area contributed by atoms with Gasteiger partial charge in [-0.05, 0) is 33.8 Å². The van der Waals surface area contributed by atoms with Crippen LogP contribution < -0.4 is 0 Å². The average molecular weight is 375 g/mol. The van der Waals surface area contributed by atoms with E-state index in [-0.39, 0.29) is 5.76 Å². The highest BCUT2D eigenvalue weighted by atomic mass is 79.9. The number of aromatic amines is 1. The molecule has 0 radical (unpaired) electrons. The number of benzene rings is 1. The fourth-order valence-electron chi connectivity index (χ4n) is 2.13. The Hall–Kier alpha value is -2.19. The van der Waals surface area contributed by atoms with Gasteiger partial charge in [-0.1, -0.05) is 18.2 Å². The monoisotopic (exact) mass is 374 g/mol. The van der Waals surface area contributed by atoms with E-state index in [4.69, 9.17) is 4.42 Å². The van der Waals surface area contributed by atoms with Crippen LogP contribution in [-0.2, 0) is 0 Å². The van der Waals surface area contributed by atoms with Gasteiger partial charge in [0.25, 0.3) is 0 Å². The highest BCUT2D eigenvalue weighted by Gasteiger charge is 2.14. The Balaban J connectivity index is 1.77. The highest BCUT2D eigenvalue weighted by Crippen LogP contribution is 2.34. The molecule has 3 aromatic heterocycles. The zero-order valence-corrected chi connectivity index (χ0v) is 13.3. The van der Waals surface area contributed by atoms with Crippen molar-refractivity contribution in [3.05, 3.63) is 40.6 Å². The van der Waals surface area contributed by atoms with Gasteiger partial charge < -0.3 is 9.40 Å². The lowest BCUT2D eigenvalue weighted by atomic mass is 10.2. The summed E-state index contributed by atoms with van der Waals surface area (Å²) >= 11 is 4.53. The summed E-state index contributed by atoms with van der Waals surface area (Å²) in [5.74, 6) is 0.244. The molecule has 0 saturated carbocycles. The minimum absolute atomic E-state index is 0.244. The first-order valence-electron chi connectivity index (χ1n) is 6.28. The van der Waals surface area contributed by atoms with Crippen molar-refractivity contribution in [2.75, 3.05) is 0 Å². The molecule has 0 aliphatic carbocycles. The van der Waals surface area contributed by atoms with Crippen LogP contribution in [0.2, 0.25) is 0 Å². The van der Waals surface area contributed by atoms with Crippen molar-refractivity contribution in [3.8, 4) is 0 Å². The van der Waals surface area contributed by atoms with Crippen LogP contribution in [0.4, 0.5) is 0 Å². The molecule has 0 aliphatic heterocycles. The van der Waals surface area contributed by atoms with Gasteiger partial charge in [-0.2, -0.15) is 0 Å². The average Bonchev–Trinajstić information content (AvgIpc) is 3.07. The molecule has 6 nitrogen and oxygen atoms in total. The number of furan rings is 1. The SMILES string of the molecule is O=Cc1cc(Br)c(Sc2nnc3c(n2)[nH]c2ccccc23)o1.